The summed E-state index contributed by atoms with van der Waals surface area (Å²) in [5.74, 6) is 1.79. The van der Waals surface area contributed by atoms with Crippen LogP contribution >= 0.6 is 22.6 Å². The van der Waals surface area contributed by atoms with E-state index >= 15 is 0 Å². The van der Waals surface area contributed by atoms with Crippen LogP contribution in [0.4, 0.5) is 0 Å². The highest BCUT2D eigenvalue weighted by Gasteiger charge is 2.47. The molecule has 1 saturated carbocycles. The van der Waals surface area contributed by atoms with Gasteiger partial charge < -0.3 is 4.74 Å². The molecule has 34 heavy (non-hydrogen) atoms. The first-order valence-corrected chi connectivity index (χ1v) is 13.6. The number of H-pyrrole nitrogens is 1. The summed E-state index contributed by atoms with van der Waals surface area (Å²) in [6.07, 6.45) is 15.0. The van der Waals surface area contributed by atoms with Gasteiger partial charge in [0.15, 0.2) is 0 Å². The standard InChI is InChI=1S/C24H22IN3O5S/c1-33-23-18(11-15(12-21(23)25)28-8-7-22(29)26-24(28)30)13-3-5-16-19(9-13)17-6-4-14(10-20(16)17)27-34(2,31)32/h3-12,16-17,19-20,27H,1-2H3,(H,26,29,30). The molecule has 0 amide bonds. The van der Waals surface area contributed by atoms with Gasteiger partial charge in [-0.25, -0.2) is 13.2 Å². The molecule has 1 heterocycles. The monoisotopic (exact) mass is 591 g/mol. The Morgan fingerprint density at radius 3 is 2.44 bits per heavy atom. The Kier molecular flexibility index (Phi) is 5.67. The van der Waals surface area contributed by atoms with Gasteiger partial charge in [0.1, 0.15) is 5.75 Å². The van der Waals surface area contributed by atoms with Crippen LogP contribution in [0.25, 0.3) is 11.3 Å². The number of benzene rings is 1. The molecule has 2 N–H and O–H groups in total. The first-order valence-electron chi connectivity index (χ1n) is 10.6. The molecule has 4 atom stereocenters. The van der Waals surface area contributed by atoms with Crippen LogP contribution in [0, 0.1) is 27.2 Å². The first kappa shape index (κ1) is 22.9. The van der Waals surface area contributed by atoms with E-state index in [2.05, 4.69) is 56.6 Å². The maximum absolute atomic E-state index is 12.4. The Morgan fingerprint density at radius 1 is 1.06 bits per heavy atom. The van der Waals surface area contributed by atoms with Crippen molar-refractivity contribution in [2.75, 3.05) is 13.4 Å². The van der Waals surface area contributed by atoms with Gasteiger partial charge >= 0.3 is 5.69 Å². The quantitative estimate of drug-likeness (QED) is 0.520. The second kappa shape index (κ2) is 8.42. The lowest BCUT2D eigenvalue weighted by Gasteiger charge is -2.50. The van der Waals surface area contributed by atoms with Crippen LogP contribution in [0.5, 0.6) is 5.75 Å². The number of rotatable bonds is 5. The molecular formula is C24H22IN3O5S. The number of fused-ring (bicyclic) bond motifs is 4. The molecule has 0 aliphatic heterocycles. The Labute approximate surface area is 209 Å². The van der Waals surface area contributed by atoms with Gasteiger partial charge in [-0.1, -0.05) is 30.4 Å². The predicted molar refractivity (Wildman–Crippen MR) is 138 cm³/mol. The second-order valence-electron chi connectivity index (χ2n) is 8.63. The molecule has 0 spiro atoms. The maximum Gasteiger partial charge on any atom is 0.332 e. The molecule has 10 heteroatoms. The zero-order valence-corrected chi connectivity index (χ0v) is 21.3. The van der Waals surface area contributed by atoms with E-state index in [4.69, 9.17) is 4.74 Å². The molecule has 5 rings (SSSR count). The molecule has 3 aliphatic rings. The third-order valence-corrected chi connectivity index (χ3v) is 7.87. The lowest BCUT2D eigenvalue weighted by atomic mass is 9.53. The molecule has 8 nitrogen and oxygen atoms in total. The smallest absolute Gasteiger partial charge is 0.332 e. The highest BCUT2D eigenvalue weighted by Crippen LogP contribution is 2.54. The molecule has 176 valence electrons. The molecule has 0 radical (unpaired) electrons. The minimum atomic E-state index is -3.32. The lowest BCUT2D eigenvalue weighted by molar-refractivity contribution is 0.120. The van der Waals surface area contributed by atoms with Gasteiger partial charge in [-0.15, -0.1) is 0 Å². The van der Waals surface area contributed by atoms with Crippen molar-refractivity contribution in [3.8, 4) is 11.4 Å². The van der Waals surface area contributed by atoms with Gasteiger partial charge in [-0.2, -0.15) is 0 Å². The fourth-order valence-electron chi connectivity index (χ4n) is 5.02. The number of nitrogens with one attached hydrogen (secondary N) is 2. The van der Waals surface area contributed by atoms with E-state index in [0.717, 1.165) is 21.0 Å². The van der Waals surface area contributed by atoms with Crippen molar-refractivity contribution in [1.82, 2.24) is 14.3 Å². The number of aromatic amines is 1. The van der Waals surface area contributed by atoms with Crippen LogP contribution in [0.3, 0.4) is 0 Å². The average Bonchev–Trinajstić information content (AvgIpc) is 2.76. The summed E-state index contributed by atoms with van der Waals surface area (Å²) in [4.78, 5) is 26.1. The molecule has 4 unspecified atom stereocenters. The lowest BCUT2D eigenvalue weighted by Crippen LogP contribution is -2.45. The fraction of sp³-hybridized carbons (Fsp3) is 0.250. The van der Waals surface area contributed by atoms with Gasteiger partial charge in [-0.3, -0.25) is 19.1 Å². The van der Waals surface area contributed by atoms with Crippen molar-refractivity contribution in [2.24, 2.45) is 23.7 Å². The Morgan fingerprint density at radius 2 is 1.76 bits per heavy atom. The minimum Gasteiger partial charge on any atom is -0.495 e. The highest BCUT2D eigenvalue weighted by atomic mass is 127. The van der Waals surface area contributed by atoms with Gasteiger partial charge in [0, 0.05) is 23.5 Å². The Bertz CT molecular complexity index is 1520. The summed E-state index contributed by atoms with van der Waals surface area (Å²) in [7, 11) is -1.70. The van der Waals surface area contributed by atoms with Crippen LogP contribution < -0.4 is 20.7 Å². The van der Waals surface area contributed by atoms with Crippen molar-refractivity contribution in [3.05, 3.63) is 96.5 Å². The number of methoxy groups -OCH3 is 1. The number of nitrogens with zero attached hydrogens (tertiary/aromatic N) is 1. The molecule has 3 aliphatic carbocycles. The number of hydrogen-bond acceptors (Lipinski definition) is 5. The molecule has 1 aromatic heterocycles. The summed E-state index contributed by atoms with van der Waals surface area (Å²) in [6, 6.07) is 5.04. The van der Waals surface area contributed by atoms with Crippen LogP contribution in [-0.2, 0) is 10.0 Å². The van der Waals surface area contributed by atoms with Crippen molar-refractivity contribution < 1.29 is 13.2 Å². The first-order chi connectivity index (χ1) is 16.1. The van der Waals surface area contributed by atoms with Gasteiger partial charge in [0.05, 0.1) is 22.6 Å². The zero-order valence-electron chi connectivity index (χ0n) is 18.4. The summed E-state index contributed by atoms with van der Waals surface area (Å²) >= 11 is 2.18. The van der Waals surface area contributed by atoms with E-state index < -0.39 is 21.3 Å². The van der Waals surface area contributed by atoms with Crippen molar-refractivity contribution in [1.29, 1.82) is 0 Å². The summed E-state index contributed by atoms with van der Waals surface area (Å²) in [5, 5.41) is 0. The normalized spacial score (nSPS) is 24.9. The van der Waals surface area contributed by atoms with E-state index in [9.17, 15) is 18.0 Å². The summed E-state index contributed by atoms with van der Waals surface area (Å²) in [5.41, 5.74) is 2.13. The topological polar surface area (TPSA) is 110 Å². The number of sulfonamides is 1. The molecule has 0 bridgehead atoms. The largest absolute Gasteiger partial charge is 0.495 e. The third kappa shape index (κ3) is 4.09. The molecule has 2 aromatic rings. The zero-order chi connectivity index (χ0) is 24.2. The van der Waals surface area contributed by atoms with Crippen LogP contribution in [0.15, 0.2) is 76.1 Å². The fourth-order valence-corrected chi connectivity index (χ4v) is 6.41. The van der Waals surface area contributed by atoms with Crippen molar-refractivity contribution in [2.45, 2.75) is 0 Å². The van der Waals surface area contributed by atoms with E-state index in [1.165, 1.54) is 16.8 Å². The Hall–Kier alpha value is -2.86. The molecule has 1 fully saturated rings. The number of allylic oxidation sites excluding steroid dienone is 7. The predicted octanol–water partition coefficient (Wildman–Crippen LogP) is 2.57. The summed E-state index contributed by atoms with van der Waals surface area (Å²) in [6.45, 7) is 0. The van der Waals surface area contributed by atoms with Crippen LogP contribution in [0.2, 0.25) is 0 Å². The average molecular weight is 591 g/mol. The molecule has 1 aromatic carbocycles. The third-order valence-electron chi connectivity index (χ3n) is 6.47. The van der Waals surface area contributed by atoms with Gasteiger partial charge in [-0.05, 0) is 70.0 Å². The second-order valence-corrected chi connectivity index (χ2v) is 11.5. The van der Waals surface area contributed by atoms with Crippen LogP contribution in [0.1, 0.15) is 5.56 Å². The Balaban J connectivity index is 1.50. The van der Waals surface area contributed by atoms with E-state index in [1.54, 1.807) is 7.11 Å². The van der Waals surface area contributed by atoms with Crippen molar-refractivity contribution >= 4 is 38.2 Å². The number of halogens is 1. The van der Waals surface area contributed by atoms with Crippen LogP contribution in [-0.4, -0.2) is 31.3 Å². The molecule has 0 saturated heterocycles. The SMILES string of the molecule is COc1c(I)cc(-n2ccc(=O)[nH]c2=O)cc1C1=CC2C3C=CC(NS(C)(=O)=O)=CC3C2C=C1. The molecular weight excluding hydrogens is 569 g/mol. The maximum atomic E-state index is 12.4. The van der Waals surface area contributed by atoms with Gasteiger partial charge in [0.2, 0.25) is 10.0 Å². The van der Waals surface area contributed by atoms with E-state index in [-0.39, 0.29) is 23.7 Å². The highest BCUT2D eigenvalue weighted by molar-refractivity contribution is 14.1. The van der Waals surface area contributed by atoms with Crippen molar-refractivity contribution in [3.63, 3.8) is 0 Å². The van der Waals surface area contributed by atoms with E-state index in [0.29, 0.717) is 17.1 Å². The number of hydrogen-bond donors (Lipinski definition) is 2. The number of ether oxygens (including phenoxy) is 1. The minimum absolute atomic E-state index is 0.237. The summed E-state index contributed by atoms with van der Waals surface area (Å²) < 4.78 is 33.7. The number of aromatic nitrogens is 2. The van der Waals surface area contributed by atoms with E-state index in [1.807, 2.05) is 24.3 Å². The van der Waals surface area contributed by atoms with Gasteiger partial charge in [0.25, 0.3) is 5.56 Å².